The predicted molar refractivity (Wildman–Crippen MR) is 50.8 cm³/mol. The van der Waals surface area contributed by atoms with Crippen LogP contribution in [-0.4, -0.2) is 19.6 Å². The van der Waals surface area contributed by atoms with E-state index in [1.165, 1.54) is 25.9 Å². The molecule has 2 unspecified atom stereocenters. The molecule has 1 aliphatic heterocycles. The van der Waals surface area contributed by atoms with Crippen LogP contribution in [0.15, 0.2) is 0 Å². The molecule has 1 heterocycles. The summed E-state index contributed by atoms with van der Waals surface area (Å²) >= 11 is 0. The second-order valence-electron chi connectivity index (χ2n) is 4.65. The van der Waals surface area contributed by atoms with Gasteiger partial charge in [-0.3, -0.25) is 0 Å². The Bertz CT molecular complexity index is 144. The van der Waals surface area contributed by atoms with Gasteiger partial charge in [0.2, 0.25) is 0 Å². The highest BCUT2D eigenvalue weighted by atomic mass is 14.9. The molecule has 70 valence electrons. The number of rotatable bonds is 1. The summed E-state index contributed by atoms with van der Waals surface area (Å²) in [6.45, 7) is 5.72. The van der Waals surface area contributed by atoms with Crippen LogP contribution in [0, 0.1) is 23.7 Å². The van der Waals surface area contributed by atoms with Gasteiger partial charge in [0, 0.05) is 0 Å². The predicted octanol–water partition coefficient (Wildman–Crippen LogP) is 0.827. The fraction of sp³-hybridized carbons (Fsp3) is 1.00. The largest absolute Gasteiger partial charge is 0.330 e. The smallest absolute Gasteiger partial charge is 0.00171 e. The van der Waals surface area contributed by atoms with Crippen molar-refractivity contribution >= 4 is 0 Å². The first-order valence-corrected chi connectivity index (χ1v) is 5.22. The molecular formula is C10H20N2. The molecule has 2 heteroatoms. The summed E-state index contributed by atoms with van der Waals surface area (Å²) < 4.78 is 0. The molecule has 2 rings (SSSR count). The van der Waals surface area contributed by atoms with E-state index in [0.29, 0.717) is 0 Å². The maximum absolute atomic E-state index is 5.81. The molecule has 2 atom stereocenters. The van der Waals surface area contributed by atoms with Crippen molar-refractivity contribution in [2.24, 2.45) is 29.4 Å². The number of nitrogens with two attached hydrogens (primary N) is 1. The van der Waals surface area contributed by atoms with Crippen molar-refractivity contribution in [2.75, 3.05) is 19.6 Å². The van der Waals surface area contributed by atoms with E-state index in [0.717, 1.165) is 30.2 Å². The summed E-state index contributed by atoms with van der Waals surface area (Å²) in [6, 6.07) is 0. The zero-order chi connectivity index (χ0) is 8.55. The van der Waals surface area contributed by atoms with Gasteiger partial charge < -0.3 is 11.1 Å². The molecule has 2 fully saturated rings. The molecule has 0 aromatic heterocycles. The molecule has 0 amide bonds. The van der Waals surface area contributed by atoms with Crippen molar-refractivity contribution in [3.05, 3.63) is 0 Å². The molecule has 2 nitrogen and oxygen atoms in total. The third-order valence-corrected chi connectivity index (χ3v) is 3.71. The lowest BCUT2D eigenvalue weighted by atomic mass is 9.66. The molecule has 2 bridgehead atoms. The van der Waals surface area contributed by atoms with E-state index in [2.05, 4.69) is 12.2 Å². The van der Waals surface area contributed by atoms with Crippen LogP contribution in [0.1, 0.15) is 19.8 Å². The highest BCUT2D eigenvalue weighted by molar-refractivity contribution is 4.91. The van der Waals surface area contributed by atoms with E-state index in [4.69, 9.17) is 5.73 Å². The van der Waals surface area contributed by atoms with Crippen molar-refractivity contribution in [2.45, 2.75) is 19.8 Å². The van der Waals surface area contributed by atoms with E-state index in [1.807, 2.05) is 0 Å². The van der Waals surface area contributed by atoms with E-state index in [1.54, 1.807) is 0 Å². The molecule has 1 saturated carbocycles. The fourth-order valence-electron chi connectivity index (χ4n) is 3.17. The lowest BCUT2D eigenvalue weighted by molar-refractivity contribution is 0.0816. The van der Waals surface area contributed by atoms with Gasteiger partial charge in [0.15, 0.2) is 0 Å². The molecule has 0 aromatic rings. The molecule has 0 radical (unpaired) electrons. The third kappa shape index (κ3) is 1.38. The van der Waals surface area contributed by atoms with Gasteiger partial charge in [-0.25, -0.2) is 0 Å². The SMILES string of the molecule is CC1CC2CNCC(C1)C2CN. The Balaban J connectivity index is 2.06. The molecule has 0 aromatic carbocycles. The van der Waals surface area contributed by atoms with Crippen molar-refractivity contribution in [3.8, 4) is 0 Å². The van der Waals surface area contributed by atoms with Crippen LogP contribution in [0.2, 0.25) is 0 Å². The molecule has 1 aliphatic carbocycles. The van der Waals surface area contributed by atoms with Crippen LogP contribution in [0.5, 0.6) is 0 Å². The Kier molecular flexibility index (Phi) is 2.37. The van der Waals surface area contributed by atoms with Crippen LogP contribution in [0.4, 0.5) is 0 Å². The second-order valence-corrected chi connectivity index (χ2v) is 4.65. The van der Waals surface area contributed by atoms with E-state index < -0.39 is 0 Å². The monoisotopic (exact) mass is 168 g/mol. The van der Waals surface area contributed by atoms with E-state index in [-0.39, 0.29) is 0 Å². The number of hydrogen-bond acceptors (Lipinski definition) is 2. The Labute approximate surface area is 74.9 Å². The number of fused-ring (bicyclic) bond motifs is 2. The molecule has 0 spiro atoms. The zero-order valence-electron chi connectivity index (χ0n) is 7.92. The Morgan fingerprint density at radius 2 is 1.83 bits per heavy atom. The molecule has 3 N–H and O–H groups in total. The average molecular weight is 168 g/mol. The first kappa shape index (κ1) is 8.52. The number of nitrogens with one attached hydrogen (secondary N) is 1. The number of hydrogen-bond donors (Lipinski definition) is 2. The summed E-state index contributed by atoms with van der Waals surface area (Å²) in [5.41, 5.74) is 5.81. The molecule has 1 saturated heterocycles. The highest BCUT2D eigenvalue weighted by Gasteiger charge is 2.37. The van der Waals surface area contributed by atoms with Crippen LogP contribution in [0.3, 0.4) is 0 Å². The minimum atomic E-state index is 0.822. The Hall–Kier alpha value is -0.0800. The van der Waals surface area contributed by atoms with Gasteiger partial charge in [-0.05, 0) is 56.1 Å². The van der Waals surface area contributed by atoms with Crippen molar-refractivity contribution in [1.29, 1.82) is 0 Å². The van der Waals surface area contributed by atoms with Crippen molar-refractivity contribution in [3.63, 3.8) is 0 Å². The van der Waals surface area contributed by atoms with Gasteiger partial charge in [-0.2, -0.15) is 0 Å². The van der Waals surface area contributed by atoms with Gasteiger partial charge in [-0.15, -0.1) is 0 Å². The van der Waals surface area contributed by atoms with Crippen molar-refractivity contribution < 1.29 is 0 Å². The van der Waals surface area contributed by atoms with Gasteiger partial charge in [0.05, 0.1) is 0 Å². The lowest BCUT2D eigenvalue weighted by Crippen LogP contribution is -2.50. The molecular weight excluding hydrogens is 148 g/mol. The first-order valence-electron chi connectivity index (χ1n) is 5.22. The van der Waals surface area contributed by atoms with E-state index in [9.17, 15) is 0 Å². The maximum atomic E-state index is 5.81. The van der Waals surface area contributed by atoms with Gasteiger partial charge in [0.1, 0.15) is 0 Å². The summed E-state index contributed by atoms with van der Waals surface area (Å²) in [5.74, 6) is 3.50. The Morgan fingerprint density at radius 3 is 2.33 bits per heavy atom. The second kappa shape index (κ2) is 3.35. The zero-order valence-corrected chi connectivity index (χ0v) is 7.92. The maximum Gasteiger partial charge on any atom is -0.00171 e. The van der Waals surface area contributed by atoms with Crippen LogP contribution >= 0.6 is 0 Å². The summed E-state index contributed by atoms with van der Waals surface area (Å²) in [6.07, 6.45) is 2.79. The summed E-state index contributed by atoms with van der Waals surface area (Å²) in [7, 11) is 0. The highest BCUT2D eigenvalue weighted by Crippen LogP contribution is 2.39. The topological polar surface area (TPSA) is 38.0 Å². The normalized spacial score (nSPS) is 47.5. The van der Waals surface area contributed by atoms with Crippen LogP contribution < -0.4 is 11.1 Å². The van der Waals surface area contributed by atoms with Crippen LogP contribution in [-0.2, 0) is 0 Å². The van der Waals surface area contributed by atoms with Gasteiger partial charge in [-0.1, -0.05) is 6.92 Å². The summed E-state index contributed by atoms with van der Waals surface area (Å²) in [4.78, 5) is 0. The first-order chi connectivity index (χ1) is 5.81. The molecule has 12 heavy (non-hydrogen) atoms. The minimum Gasteiger partial charge on any atom is -0.330 e. The van der Waals surface area contributed by atoms with Crippen molar-refractivity contribution in [1.82, 2.24) is 5.32 Å². The van der Waals surface area contributed by atoms with Crippen LogP contribution in [0.25, 0.3) is 0 Å². The molecule has 2 aliphatic rings. The number of piperidine rings is 1. The lowest BCUT2D eigenvalue weighted by Gasteiger charge is -2.45. The Morgan fingerprint density at radius 1 is 1.25 bits per heavy atom. The van der Waals surface area contributed by atoms with Gasteiger partial charge in [0.25, 0.3) is 0 Å². The standard InChI is InChI=1S/C10H20N2/c1-7-2-8-5-12-6-9(3-7)10(8)4-11/h7-10,12H,2-6,11H2,1H3. The summed E-state index contributed by atoms with van der Waals surface area (Å²) in [5, 5.41) is 3.52. The average Bonchev–Trinajstić information content (AvgIpc) is 2.02. The fourth-order valence-corrected chi connectivity index (χ4v) is 3.17. The minimum absolute atomic E-state index is 0.822. The third-order valence-electron chi connectivity index (χ3n) is 3.71. The quantitative estimate of drug-likeness (QED) is 0.608. The van der Waals surface area contributed by atoms with Gasteiger partial charge >= 0.3 is 0 Å². The van der Waals surface area contributed by atoms with E-state index >= 15 is 0 Å².